The summed E-state index contributed by atoms with van der Waals surface area (Å²) in [7, 11) is 0. The molecular weight excluding hydrogens is 312 g/mol. The van der Waals surface area contributed by atoms with Gasteiger partial charge in [-0.25, -0.2) is 9.97 Å². The lowest BCUT2D eigenvalue weighted by Gasteiger charge is -2.38. The number of thioether (sulfide) groups is 1. The predicted octanol–water partition coefficient (Wildman–Crippen LogP) is 3.00. The number of hydrogen-bond donors (Lipinski definition) is 1. The molecule has 1 fully saturated rings. The fourth-order valence-electron chi connectivity index (χ4n) is 2.08. The molecule has 0 bridgehead atoms. The van der Waals surface area contributed by atoms with Crippen LogP contribution in [0.15, 0.2) is 10.8 Å². The first kappa shape index (κ1) is 13.9. The van der Waals surface area contributed by atoms with E-state index in [0.29, 0.717) is 11.3 Å². The van der Waals surface area contributed by atoms with Gasteiger partial charge in [-0.1, -0.05) is 6.92 Å². The maximum absolute atomic E-state index is 4.45. The van der Waals surface area contributed by atoms with Crippen LogP contribution in [0.2, 0.25) is 0 Å². The van der Waals surface area contributed by atoms with Crippen LogP contribution in [-0.4, -0.2) is 40.1 Å². The normalized spacial score (nSPS) is 24.1. The van der Waals surface area contributed by atoms with Crippen molar-refractivity contribution < 1.29 is 0 Å². The summed E-state index contributed by atoms with van der Waals surface area (Å²) in [6.07, 6.45) is 1.64. The van der Waals surface area contributed by atoms with E-state index in [-0.39, 0.29) is 0 Å². The first-order valence-corrected chi connectivity index (χ1v) is 8.12. The molecule has 1 aromatic rings. The number of rotatable bonds is 3. The zero-order valence-corrected chi connectivity index (χ0v) is 13.4. The summed E-state index contributed by atoms with van der Waals surface area (Å²) in [5, 5.41) is 3.88. The number of nitrogens with one attached hydrogen (secondary N) is 1. The van der Waals surface area contributed by atoms with Gasteiger partial charge >= 0.3 is 0 Å². The molecule has 1 aromatic heterocycles. The quantitative estimate of drug-likeness (QED) is 0.922. The van der Waals surface area contributed by atoms with Gasteiger partial charge in [0, 0.05) is 30.1 Å². The highest BCUT2D eigenvalue weighted by atomic mass is 79.9. The number of nitrogens with zero attached hydrogens (tertiary/aromatic N) is 3. The standard InChI is InChI=1S/C12H19BrN4S/c1-4-14-11-10(13)12(16-7-15-11)17-5-6-18-9(3)8(17)2/h7-9H,4-6H2,1-3H3,(H,14,15,16). The van der Waals surface area contributed by atoms with E-state index >= 15 is 0 Å². The average molecular weight is 331 g/mol. The minimum atomic E-state index is 0.490. The molecule has 1 saturated heterocycles. The third-order valence-corrected chi connectivity index (χ3v) is 5.34. The highest BCUT2D eigenvalue weighted by Gasteiger charge is 2.28. The average Bonchev–Trinajstić information content (AvgIpc) is 2.36. The van der Waals surface area contributed by atoms with Crippen LogP contribution in [0.4, 0.5) is 11.6 Å². The summed E-state index contributed by atoms with van der Waals surface area (Å²) in [6.45, 7) is 8.50. The van der Waals surface area contributed by atoms with Gasteiger partial charge in [0.1, 0.15) is 22.4 Å². The summed E-state index contributed by atoms with van der Waals surface area (Å²) in [5.41, 5.74) is 0. The van der Waals surface area contributed by atoms with Crippen molar-refractivity contribution >= 4 is 39.3 Å². The maximum Gasteiger partial charge on any atom is 0.148 e. The van der Waals surface area contributed by atoms with E-state index in [9.17, 15) is 0 Å². The van der Waals surface area contributed by atoms with E-state index in [1.54, 1.807) is 6.33 Å². The van der Waals surface area contributed by atoms with Crippen molar-refractivity contribution in [3.63, 3.8) is 0 Å². The molecule has 0 aliphatic carbocycles. The molecule has 0 amide bonds. The van der Waals surface area contributed by atoms with Gasteiger partial charge in [-0.15, -0.1) is 0 Å². The molecule has 2 unspecified atom stereocenters. The fraction of sp³-hybridized carbons (Fsp3) is 0.667. The lowest BCUT2D eigenvalue weighted by molar-refractivity contribution is 0.618. The molecule has 0 saturated carbocycles. The van der Waals surface area contributed by atoms with Gasteiger partial charge in [-0.3, -0.25) is 0 Å². The summed E-state index contributed by atoms with van der Waals surface area (Å²) in [6, 6.07) is 0.490. The Bertz CT molecular complexity index is 415. The Morgan fingerprint density at radius 1 is 1.50 bits per heavy atom. The molecule has 18 heavy (non-hydrogen) atoms. The molecule has 4 nitrogen and oxygen atoms in total. The van der Waals surface area contributed by atoms with Crippen LogP contribution in [0.5, 0.6) is 0 Å². The first-order chi connectivity index (χ1) is 8.65. The number of anilines is 2. The first-order valence-electron chi connectivity index (χ1n) is 6.27. The van der Waals surface area contributed by atoms with Gasteiger partial charge in [-0.2, -0.15) is 11.8 Å². The SMILES string of the molecule is CCNc1ncnc(N2CCSC(C)C2C)c1Br. The Hall–Kier alpha value is -0.490. The lowest BCUT2D eigenvalue weighted by Crippen LogP contribution is -2.45. The van der Waals surface area contributed by atoms with Gasteiger partial charge in [0.25, 0.3) is 0 Å². The second-order valence-electron chi connectivity index (χ2n) is 4.40. The van der Waals surface area contributed by atoms with Crippen molar-refractivity contribution in [2.45, 2.75) is 32.1 Å². The molecule has 2 heterocycles. The number of halogens is 1. The molecule has 1 aliphatic heterocycles. The maximum atomic E-state index is 4.45. The lowest BCUT2D eigenvalue weighted by atomic mass is 10.2. The van der Waals surface area contributed by atoms with Crippen LogP contribution in [0, 0.1) is 0 Å². The minimum absolute atomic E-state index is 0.490. The largest absolute Gasteiger partial charge is 0.369 e. The molecule has 1 aliphatic rings. The second kappa shape index (κ2) is 6.10. The van der Waals surface area contributed by atoms with Crippen LogP contribution < -0.4 is 10.2 Å². The van der Waals surface area contributed by atoms with Crippen molar-refractivity contribution in [3.05, 3.63) is 10.8 Å². The Morgan fingerprint density at radius 2 is 2.28 bits per heavy atom. The van der Waals surface area contributed by atoms with E-state index in [2.05, 4.69) is 56.9 Å². The Balaban J connectivity index is 2.29. The molecule has 2 rings (SSSR count). The Labute approximate surface area is 121 Å². The molecule has 2 atom stereocenters. The second-order valence-corrected chi connectivity index (χ2v) is 6.68. The van der Waals surface area contributed by atoms with E-state index in [0.717, 1.165) is 35.0 Å². The summed E-state index contributed by atoms with van der Waals surface area (Å²) < 4.78 is 0.970. The molecule has 100 valence electrons. The topological polar surface area (TPSA) is 41.1 Å². The van der Waals surface area contributed by atoms with E-state index < -0.39 is 0 Å². The van der Waals surface area contributed by atoms with E-state index in [1.807, 2.05) is 11.8 Å². The summed E-state index contributed by atoms with van der Waals surface area (Å²) in [4.78, 5) is 11.1. The number of hydrogen-bond acceptors (Lipinski definition) is 5. The molecule has 0 spiro atoms. The highest BCUT2D eigenvalue weighted by molar-refractivity contribution is 9.10. The third kappa shape index (κ3) is 2.74. The molecule has 1 N–H and O–H groups in total. The van der Waals surface area contributed by atoms with Gasteiger partial charge in [0.2, 0.25) is 0 Å². The fourth-order valence-corrected chi connectivity index (χ4v) is 3.76. The highest BCUT2D eigenvalue weighted by Crippen LogP contribution is 2.34. The zero-order chi connectivity index (χ0) is 13.1. The molecule has 0 aromatic carbocycles. The Kier molecular flexibility index (Phi) is 4.72. The zero-order valence-electron chi connectivity index (χ0n) is 11.0. The van der Waals surface area contributed by atoms with Crippen molar-refractivity contribution in [3.8, 4) is 0 Å². The minimum Gasteiger partial charge on any atom is -0.369 e. The van der Waals surface area contributed by atoms with Crippen molar-refractivity contribution in [1.82, 2.24) is 9.97 Å². The van der Waals surface area contributed by atoms with Gasteiger partial charge < -0.3 is 10.2 Å². The molecule has 6 heteroatoms. The summed E-state index contributed by atoms with van der Waals surface area (Å²) >= 11 is 5.66. The van der Waals surface area contributed by atoms with E-state index in [1.165, 1.54) is 0 Å². The third-order valence-electron chi connectivity index (χ3n) is 3.27. The van der Waals surface area contributed by atoms with Gasteiger partial charge in [-0.05, 0) is 29.8 Å². The smallest absolute Gasteiger partial charge is 0.148 e. The summed E-state index contributed by atoms with van der Waals surface area (Å²) in [5.74, 6) is 3.03. The van der Waals surface area contributed by atoms with Crippen molar-refractivity contribution in [1.29, 1.82) is 0 Å². The predicted molar refractivity (Wildman–Crippen MR) is 82.6 cm³/mol. The van der Waals surface area contributed by atoms with E-state index in [4.69, 9.17) is 0 Å². The molecular formula is C12H19BrN4S. The Morgan fingerprint density at radius 3 is 3.00 bits per heavy atom. The van der Waals surface area contributed by atoms with Crippen LogP contribution in [0.3, 0.4) is 0 Å². The molecule has 0 radical (unpaired) electrons. The van der Waals surface area contributed by atoms with Gasteiger partial charge in [0.05, 0.1) is 0 Å². The monoisotopic (exact) mass is 330 g/mol. The van der Waals surface area contributed by atoms with Crippen LogP contribution in [0.25, 0.3) is 0 Å². The van der Waals surface area contributed by atoms with Crippen LogP contribution in [-0.2, 0) is 0 Å². The number of aromatic nitrogens is 2. The van der Waals surface area contributed by atoms with Crippen molar-refractivity contribution in [2.75, 3.05) is 29.1 Å². The van der Waals surface area contributed by atoms with Gasteiger partial charge in [0.15, 0.2) is 0 Å². The van der Waals surface area contributed by atoms with Crippen LogP contribution in [0.1, 0.15) is 20.8 Å². The van der Waals surface area contributed by atoms with Crippen LogP contribution >= 0.6 is 27.7 Å². The van der Waals surface area contributed by atoms with Crippen molar-refractivity contribution in [2.24, 2.45) is 0 Å².